The number of nitrogens with zero attached hydrogens (tertiary/aromatic N) is 2. The van der Waals surface area contributed by atoms with Crippen LogP contribution in [-0.4, -0.2) is 61.3 Å². The van der Waals surface area contributed by atoms with Crippen molar-refractivity contribution in [3.8, 4) is 0 Å². The van der Waals surface area contributed by atoms with Crippen LogP contribution in [0.15, 0.2) is 11.6 Å². The minimum Gasteiger partial charge on any atom is -0.393 e. The fourth-order valence-corrected chi connectivity index (χ4v) is 8.13. The monoisotopic (exact) mass is 388 g/mol. The molecule has 0 saturated heterocycles. The van der Waals surface area contributed by atoms with Gasteiger partial charge in [-0.2, -0.15) is 0 Å². The molecule has 3 heteroatoms. The predicted molar refractivity (Wildman–Crippen MR) is 117 cm³/mol. The Morgan fingerprint density at radius 2 is 1.79 bits per heavy atom. The maximum atomic E-state index is 10.2. The second kappa shape index (κ2) is 7.71. The van der Waals surface area contributed by atoms with E-state index in [4.69, 9.17) is 0 Å². The number of aliphatic hydroxyl groups excluding tert-OH is 1. The summed E-state index contributed by atoms with van der Waals surface area (Å²) in [6.45, 7) is 7.61. The van der Waals surface area contributed by atoms with E-state index in [2.05, 4.69) is 50.9 Å². The summed E-state index contributed by atoms with van der Waals surface area (Å²) < 4.78 is 0. The van der Waals surface area contributed by atoms with Crippen molar-refractivity contribution in [2.75, 3.05) is 34.2 Å². The van der Waals surface area contributed by atoms with Gasteiger partial charge in [-0.25, -0.2) is 0 Å². The highest BCUT2D eigenvalue weighted by Gasteiger charge is 2.59. The molecule has 3 fully saturated rings. The third kappa shape index (κ3) is 3.40. The van der Waals surface area contributed by atoms with Crippen molar-refractivity contribution in [1.29, 1.82) is 0 Å². The van der Waals surface area contributed by atoms with Gasteiger partial charge in [-0.05, 0) is 121 Å². The van der Waals surface area contributed by atoms with E-state index in [-0.39, 0.29) is 6.10 Å². The zero-order valence-corrected chi connectivity index (χ0v) is 19.1. The van der Waals surface area contributed by atoms with Crippen molar-refractivity contribution in [3.05, 3.63) is 11.6 Å². The Morgan fingerprint density at radius 3 is 2.54 bits per heavy atom. The summed E-state index contributed by atoms with van der Waals surface area (Å²) in [6.07, 6.45) is 13.8. The van der Waals surface area contributed by atoms with Gasteiger partial charge in [-0.3, -0.25) is 0 Å². The van der Waals surface area contributed by atoms with E-state index in [0.29, 0.717) is 10.8 Å². The number of aliphatic hydroxyl groups is 1. The van der Waals surface area contributed by atoms with Gasteiger partial charge in [-0.15, -0.1) is 0 Å². The molecule has 4 aliphatic rings. The largest absolute Gasteiger partial charge is 0.393 e. The fraction of sp³-hybridized carbons (Fsp3) is 0.920. The van der Waals surface area contributed by atoms with Gasteiger partial charge in [0.15, 0.2) is 0 Å². The Balaban J connectivity index is 1.49. The summed E-state index contributed by atoms with van der Waals surface area (Å²) >= 11 is 0. The summed E-state index contributed by atoms with van der Waals surface area (Å²) in [5.41, 5.74) is 2.48. The molecular formula is C25H44N2O. The second-order valence-corrected chi connectivity index (χ2v) is 11.4. The third-order valence-electron chi connectivity index (χ3n) is 9.68. The molecule has 7 atom stereocenters. The van der Waals surface area contributed by atoms with E-state index in [9.17, 15) is 5.11 Å². The van der Waals surface area contributed by atoms with Crippen LogP contribution in [0, 0.1) is 28.6 Å². The summed E-state index contributed by atoms with van der Waals surface area (Å²) in [4.78, 5) is 5.03. The number of hydrogen-bond donors (Lipinski definition) is 1. The average molecular weight is 389 g/mol. The number of allylic oxidation sites excluding steroid dienone is 1. The molecule has 3 saturated carbocycles. The highest BCUT2D eigenvalue weighted by molar-refractivity contribution is 5.25. The molecule has 0 aromatic carbocycles. The first kappa shape index (κ1) is 20.9. The van der Waals surface area contributed by atoms with Gasteiger partial charge in [0.25, 0.3) is 0 Å². The highest BCUT2D eigenvalue weighted by atomic mass is 16.3. The first-order valence-corrected chi connectivity index (χ1v) is 12.0. The molecule has 0 aromatic heterocycles. The number of fused-ring (bicyclic) bond motifs is 5. The van der Waals surface area contributed by atoms with Crippen LogP contribution in [0.1, 0.15) is 71.6 Å². The molecule has 4 aliphatic carbocycles. The van der Waals surface area contributed by atoms with Crippen LogP contribution in [0.3, 0.4) is 0 Å². The summed E-state index contributed by atoms with van der Waals surface area (Å²) in [6, 6.07) is 0.770. The van der Waals surface area contributed by atoms with Crippen LogP contribution in [0.4, 0.5) is 0 Å². The molecule has 0 aliphatic heterocycles. The van der Waals surface area contributed by atoms with E-state index < -0.39 is 0 Å². The van der Waals surface area contributed by atoms with Crippen molar-refractivity contribution < 1.29 is 5.11 Å². The third-order valence-corrected chi connectivity index (χ3v) is 9.68. The SMILES string of the molecule is CN(C)CCCN(C)[C@H]1CC[C@H]2[C@@H]3CC=C4C[C@@H](O)CC[C@]4(C)[C@H]3CC[C@]12C. The van der Waals surface area contributed by atoms with Crippen molar-refractivity contribution in [1.82, 2.24) is 9.80 Å². The predicted octanol–water partition coefficient (Wildman–Crippen LogP) is 4.56. The summed E-state index contributed by atoms with van der Waals surface area (Å²) in [7, 11) is 6.76. The van der Waals surface area contributed by atoms with E-state index in [1.54, 1.807) is 5.57 Å². The molecule has 0 aromatic rings. The van der Waals surface area contributed by atoms with Crippen molar-refractivity contribution in [3.63, 3.8) is 0 Å². The van der Waals surface area contributed by atoms with Gasteiger partial charge in [0.05, 0.1) is 6.10 Å². The Hall–Kier alpha value is -0.380. The van der Waals surface area contributed by atoms with E-state index in [1.807, 2.05) is 0 Å². The molecule has 1 N–H and O–H groups in total. The van der Waals surface area contributed by atoms with Gasteiger partial charge >= 0.3 is 0 Å². The van der Waals surface area contributed by atoms with Crippen LogP contribution in [0.25, 0.3) is 0 Å². The number of hydrogen-bond acceptors (Lipinski definition) is 3. The zero-order valence-electron chi connectivity index (χ0n) is 19.1. The van der Waals surface area contributed by atoms with Crippen LogP contribution in [0.2, 0.25) is 0 Å². The van der Waals surface area contributed by atoms with Gasteiger partial charge < -0.3 is 14.9 Å². The molecule has 28 heavy (non-hydrogen) atoms. The Bertz CT molecular complexity index is 601. The fourth-order valence-electron chi connectivity index (χ4n) is 8.13. The van der Waals surface area contributed by atoms with Gasteiger partial charge in [0.1, 0.15) is 0 Å². The maximum Gasteiger partial charge on any atom is 0.0577 e. The molecule has 0 spiro atoms. The Kier molecular flexibility index (Phi) is 5.74. The maximum absolute atomic E-state index is 10.2. The first-order valence-electron chi connectivity index (χ1n) is 12.0. The Labute approximate surface area is 173 Å². The lowest BCUT2D eigenvalue weighted by atomic mass is 9.48. The van der Waals surface area contributed by atoms with Crippen molar-refractivity contribution >= 4 is 0 Å². The normalized spacial score (nSPS) is 45.6. The van der Waals surface area contributed by atoms with Gasteiger partial charge in [-0.1, -0.05) is 25.5 Å². The molecular weight excluding hydrogens is 344 g/mol. The van der Waals surface area contributed by atoms with Crippen molar-refractivity contribution in [2.45, 2.75) is 83.8 Å². The highest BCUT2D eigenvalue weighted by Crippen LogP contribution is 2.65. The summed E-state index contributed by atoms with van der Waals surface area (Å²) in [5.74, 6) is 2.63. The minimum atomic E-state index is -0.0867. The van der Waals surface area contributed by atoms with Gasteiger partial charge in [0.2, 0.25) is 0 Å². The molecule has 0 bridgehead atoms. The minimum absolute atomic E-state index is 0.0867. The molecule has 0 radical (unpaired) electrons. The van der Waals surface area contributed by atoms with E-state index in [1.165, 1.54) is 58.0 Å². The molecule has 0 unspecified atom stereocenters. The lowest BCUT2D eigenvalue weighted by Gasteiger charge is -2.58. The topological polar surface area (TPSA) is 26.7 Å². The van der Waals surface area contributed by atoms with Crippen LogP contribution >= 0.6 is 0 Å². The van der Waals surface area contributed by atoms with E-state index in [0.717, 1.165) is 36.6 Å². The Morgan fingerprint density at radius 1 is 1.00 bits per heavy atom. The molecule has 160 valence electrons. The quantitative estimate of drug-likeness (QED) is 0.699. The van der Waals surface area contributed by atoms with Crippen molar-refractivity contribution in [2.24, 2.45) is 28.6 Å². The molecule has 3 nitrogen and oxygen atoms in total. The average Bonchev–Trinajstić information content (AvgIpc) is 2.99. The van der Waals surface area contributed by atoms with E-state index >= 15 is 0 Å². The molecule has 4 rings (SSSR count). The molecule has 0 amide bonds. The first-order chi connectivity index (χ1) is 13.3. The lowest BCUT2D eigenvalue weighted by molar-refractivity contribution is -0.0565. The van der Waals surface area contributed by atoms with Crippen LogP contribution in [-0.2, 0) is 0 Å². The standard InChI is InChI=1S/C25H44N2O/c1-24-13-11-19(28)17-18(24)7-8-20-21-9-10-23(25(21,2)14-12-22(20)24)27(5)16-6-15-26(3)4/h7,19-23,28H,6,8-17H2,1-5H3/t19-,20-,21-,22-,23-,24-,25-/m0/s1. The van der Waals surface area contributed by atoms with Crippen LogP contribution < -0.4 is 0 Å². The molecule has 0 heterocycles. The lowest BCUT2D eigenvalue weighted by Crippen LogP contribution is -2.53. The smallest absolute Gasteiger partial charge is 0.0577 e. The number of rotatable bonds is 5. The van der Waals surface area contributed by atoms with Gasteiger partial charge in [0, 0.05) is 6.04 Å². The zero-order chi connectivity index (χ0) is 20.1. The second-order valence-electron chi connectivity index (χ2n) is 11.4. The summed E-state index contributed by atoms with van der Waals surface area (Å²) in [5, 5.41) is 10.2. The van der Waals surface area contributed by atoms with Crippen LogP contribution in [0.5, 0.6) is 0 Å².